The van der Waals surface area contributed by atoms with E-state index in [0.717, 1.165) is 22.2 Å². The van der Waals surface area contributed by atoms with Crippen molar-refractivity contribution in [1.82, 2.24) is 0 Å². The number of ether oxygens (including phenoxy) is 1. The van der Waals surface area contributed by atoms with Gasteiger partial charge in [-0.1, -0.05) is 15.9 Å². The van der Waals surface area contributed by atoms with Crippen LogP contribution >= 0.6 is 15.9 Å². The third-order valence-corrected chi connectivity index (χ3v) is 2.94. The number of rotatable bonds is 2. The molecular weight excluding hydrogens is 298 g/mol. The van der Waals surface area contributed by atoms with Crippen molar-refractivity contribution in [2.24, 2.45) is 27.2 Å². The van der Waals surface area contributed by atoms with E-state index in [2.05, 4.69) is 32.0 Å². The lowest BCUT2D eigenvalue weighted by atomic mass is 10.1. The minimum absolute atomic E-state index is 0.0572. The Hall–Kier alpha value is -1.76. The van der Waals surface area contributed by atoms with Gasteiger partial charge in [-0.2, -0.15) is 4.99 Å². The van der Waals surface area contributed by atoms with Gasteiger partial charge in [0, 0.05) is 16.5 Å². The van der Waals surface area contributed by atoms with Crippen LogP contribution in [0.25, 0.3) is 0 Å². The summed E-state index contributed by atoms with van der Waals surface area (Å²) in [7, 11) is 0. The molecule has 1 aromatic rings. The molecule has 96 valence electrons. The minimum Gasteiger partial charge on any atom is -0.493 e. The SMILES string of the molecule is NC(N)=NC(N)=NCc1cc(Br)cc2c1OCC2. The van der Waals surface area contributed by atoms with Crippen molar-refractivity contribution >= 4 is 27.8 Å². The van der Waals surface area contributed by atoms with E-state index in [-0.39, 0.29) is 11.9 Å². The lowest BCUT2D eigenvalue weighted by Crippen LogP contribution is -2.26. The monoisotopic (exact) mass is 311 g/mol. The third-order valence-electron chi connectivity index (χ3n) is 2.48. The van der Waals surface area contributed by atoms with Gasteiger partial charge in [0.05, 0.1) is 13.2 Å². The molecule has 0 fully saturated rings. The number of halogens is 1. The molecule has 0 spiro atoms. The Balaban J connectivity index is 2.23. The Bertz CT molecular complexity index is 522. The molecule has 0 saturated heterocycles. The molecule has 0 aliphatic carbocycles. The number of hydrogen-bond donors (Lipinski definition) is 3. The molecular formula is C11H14BrN5O. The zero-order valence-corrected chi connectivity index (χ0v) is 11.3. The van der Waals surface area contributed by atoms with Crippen molar-refractivity contribution in [2.45, 2.75) is 13.0 Å². The second-order valence-electron chi connectivity index (χ2n) is 3.86. The van der Waals surface area contributed by atoms with Crippen LogP contribution in [0.1, 0.15) is 11.1 Å². The second-order valence-corrected chi connectivity index (χ2v) is 4.78. The number of nitrogens with two attached hydrogens (primary N) is 3. The first-order valence-corrected chi connectivity index (χ1v) is 6.19. The van der Waals surface area contributed by atoms with Gasteiger partial charge in [0.25, 0.3) is 0 Å². The number of hydrogen-bond acceptors (Lipinski definition) is 2. The highest BCUT2D eigenvalue weighted by Gasteiger charge is 2.17. The first-order chi connectivity index (χ1) is 8.56. The van der Waals surface area contributed by atoms with Crippen molar-refractivity contribution in [1.29, 1.82) is 0 Å². The van der Waals surface area contributed by atoms with Gasteiger partial charge in [-0.25, -0.2) is 4.99 Å². The molecule has 1 aliphatic rings. The quantitative estimate of drug-likeness (QED) is 0.544. The highest BCUT2D eigenvalue weighted by Crippen LogP contribution is 2.33. The van der Waals surface area contributed by atoms with Gasteiger partial charge in [0.1, 0.15) is 5.75 Å². The van der Waals surface area contributed by atoms with Crippen molar-refractivity contribution in [3.05, 3.63) is 27.7 Å². The van der Waals surface area contributed by atoms with Gasteiger partial charge in [-0.3, -0.25) is 0 Å². The molecule has 6 nitrogen and oxygen atoms in total. The van der Waals surface area contributed by atoms with Crippen LogP contribution in [-0.4, -0.2) is 18.5 Å². The smallest absolute Gasteiger partial charge is 0.218 e. The second kappa shape index (κ2) is 5.26. The fourth-order valence-corrected chi connectivity index (χ4v) is 2.35. The van der Waals surface area contributed by atoms with Crippen molar-refractivity contribution in [3.63, 3.8) is 0 Å². The highest BCUT2D eigenvalue weighted by molar-refractivity contribution is 9.10. The van der Waals surface area contributed by atoms with Crippen LogP contribution in [0.5, 0.6) is 5.75 Å². The van der Waals surface area contributed by atoms with Crippen LogP contribution in [0.2, 0.25) is 0 Å². The maximum atomic E-state index is 5.58. The standard InChI is InChI=1S/C11H14BrN5O/c12-8-3-6-1-2-18-9(6)7(4-8)5-16-11(15)17-10(13)14/h3-4H,1-2,5H2,(H6,13,14,15,16,17). The summed E-state index contributed by atoms with van der Waals surface area (Å²) in [6, 6.07) is 4.01. The first kappa shape index (κ1) is 12.7. The molecule has 0 radical (unpaired) electrons. The van der Waals surface area contributed by atoms with Crippen LogP contribution in [0.15, 0.2) is 26.6 Å². The van der Waals surface area contributed by atoms with Crippen molar-refractivity contribution in [3.8, 4) is 5.75 Å². The molecule has 0 saturated carbocycles. The molecule has 0 atom stereocenters. The summed E-state index contributed by atoms with van der Waals surface area (Å²) in [4.78, 5) is 7.76. The van der Waals surface area contributed by atoms with E-state index in [1.807, 2.05) is 6.07 Å². The summed E-state index contributed by atoms with van der Waals surface area (Å²) in [5, 5.41) is 0. The fraction of sp³-hybridized carbons (Fsp3) is 0.273. The molecule has 0 unspecified atom stereocenters. The van der Waals surface area contributed by atoms with Gasteiger partial charge < -0.3 is 21.9 Å². The van der Waals surface area contributed by atoms with E-state index in [1.54, 1.807) is 0 Å². The van der Waals surface area contributed by atoms with E-state index in [4.69, 9.17) is 21.9 Å². The maximum absolute atomic E-state index is 5.58. The first-order valence-electron chi connectivity index (χ1n) is 5.40. The maximum Gasteiger partial charge on any atom is 0.218 e. The predicted molar refractivity (Wildman–Crippen MR) is 74.5 cm³/mol. The van der Waals surface area contributed by atoms with Gasteiger partial charge in [-0.15, -0.1) is 0 Å². The Morgan fingerprint density at radius 2 is 2.11 bits per heavy atom. The average Bonchev–Trinajstić information content (AvgIpc) is 2.72. The van der Waals surface area contributed by atoms with Crippen molar-refractivity contribution < 1.29 is 4.74 Å². The van der Waals surface area contributed by atoms with Crippen LogP contribution in [0, 0.1) is 0 Å². The highest BCUT2D eigenvalue weighted by atomic mass is 79.9. The van der Waals surface area contributed by atoms with Gasteiger partial charge in [0.15, 0.2) is 5.96 Å². The summed E-state index contributed by atoms with van der Waals surface area (Å²) in [5.74, 6) is 0.841. The summed E-state index contributed by atoms with van der Waals surface area (Å²) in [5.41, 5.74) is 18.1. The van der Waals surface area contributed by atoms with Crippen molar-refractivity contribution in [2.75, 3.05) is 6.61 Å². The molecule has 1 aliphatic heterocycles. The zero-order chi connectivity index (χ0) is 13.1. The summed E-state index contributed by atoms with van der Waals surface area (Å²) in [6.07, 6.45) is 0.912. The van der Waals surface area contributed by atoms with Gasteiger partial charge in [-0.05, 0) is 17.7 Å². The average molecular weight is 312 g/mol. The lowest BCUT2D eigenvalue weighted by molar-refractivity contribution is 0.353. The molecule has 6 N–H and O–H groups in total. The van der Waals surface area contributed by atoms with Gasteiger partial charge in [0.2, 0.25) is 5.96 Å². The number of aliphatic imine (C=N–C) groups is 2. The molecule has 1 aromatic carbocycles. The minimum atomic E-state index is -0.105. The van der Waals surface area contributed by atoms with Crippen LogP contribution in [0.4, 0.5) is 0 Å². The topological polar surface area (TPSA) is 112 Å². The largest absolute Gasteiger partial charge is 0.493 e. The Morgan fingerprint density at radius 1 is 1.33 bits per heavy atom. The number of nitrogens with zero attached hydrogens (tertiary/aromatic N) is 2. The van der Waals surface area contributed by atoms with Crippen LogP contribution < -0.4 is 21.9 Å². The fourth-order valence-electron chi connectivity index (χ4n) is 1.80. The van der Waals surface area contributed by atoms with E-state index in [1.165, 1.54) is 5.56 Å². The molecule has 18 heavy (non-hydrogen) atoms. The Morgan fingerprint density at radius 3 is 2.83 bits per heavy atom. The Labute approximate surface area is 113 Å². The van der Waals surface area contributed by atoms with E-state index in [0.29, 0.717) is 13.2 Å². The molecule has 2 rings (SSSR count). The number of fused-ring (bicyclic) bond motifs is 1. The van der Waals surface area contributed by atoms with Crippen LogP contribution in [-0.2, 0) is 13.0 Å². The molecule has 0 bridgehead atoms. The molecule has 1 heterocycles. The van der Waals surface area contributed by atoms with Gasteiger partial charge >= 0.3 is 0 Å². The van der Waals surface area contributed by atoms with E-state index < -0.39 is 0 Å². The lowest BCUT2D eigenvalue weighted by Gasteiger charge is -2.06. The number of benzene rings is 1. The van der Waals surface area contributed by atoms with E-state index >= 15 is 0 Å². The number of guanidine groups is 2. The van der Waals surface area contributed by atoms with Crippen LogP contribution in [0.3, 0.4) is 0 Å². The molecule has 0 amide bonds. The normalized spacial score (nSPS) is 13.9. The molecule has 7 heteroatoms. The summed E-state index contributed by atoms with van der Waals surface area (Å²) in [6.45, 7) is 1.08. The predicted octanol–water partition coefficient (Wildman–Crippen LogP) is 0.472. The zero-order valence-electron chi connectivity index (χ0n) is 9.69. The summed E-state index contributed by atoms with van der Waals surface area (Å²) < 4.78 is 6.58. The summed E-state index contributed by atoms with van der Waals surface area (Å²) >= 11 is 3.46. The third kappa shape index (κ3) is 2.92. The Kier molecular flexibility index (Phi) is 3.71. The van der Waals surface area contributed by atoms with E-state index in [9.17, 15) is 0 Å². The molecule has 0 aromatic heterocycles.